The molecule has 6 nitrogen and oxygen atoms in total. The van der Waals surface area contributed by atoms with Crippen LogP contribution in [0.15, 0.2) is 63.0 Å². The first-order chi connectivity index (χ1) is 16.7. The molecule has 184 valence electrons. The van der Waals surface area contributed by atoms with Gasteiger partial charge in [-0.15, -0.1) is 0 Å². The second-order valence-corrected chi connectivity index (χ2v) is 8.81. The molecular formula is C25H25F3N4O2S. The van der Waals surface area contributed by atoms with Crippen LogP contribution in [0.3, 0.4) is 0 Å². The van der Waals surface area contributed by atoms with Crippen molar-refractivity contribution in [3.05, 3.63) is 103 Å². The van der Waals surface area contributed by atoms with Gasteiger partial charge in [-0.05, 0) is 37.1 Å². The largest absolute Gasteiger partial charge is 0.357 e. The molecule has 2 heterocycles. The van der Waals surface area contributed by atoms with Crippen molar-refractivity contribution in [2.75, 3.05) is 13.6 Å². The summed E-state index contributed by atoms with van der Waals surface area (Å²) in [6.07, 6.45) is 3.62. The minimum absolute atomic E-state index is 0.139. The maximum Gasteiger partial charge on any atom is 0.267 e. The molecular weight excluding hydrogens is 477 g/mol. The number of carbonyl (C=O) groups is 1. The molecule has 3 aromatic rings. The molecule has 35 heavy (non-hydrogen) atoms. The number of allylic oxidation sites excluding steroid dienone is 1. The van der Waals surface area contributed by atoms with Gasteiger partial charge in [-0.1, -0.05) is 24.3 Å². The number of rotatable bonds is 8. The van der Waals surface area contributed by atoms with Gasteiger partial charge >= 0.3 is 0 Å². The Labute approximate surface area is 204 Å². The van der Waals surface area contributed by atoms with Crippen LogP contribution in [0.4, 0.5) is 13.2 Å². The highest BCUT2D eigenvalue weighted by atomic mass is 32.2. The molecule has 0 unspecified atom stereocenters. The summed E-state index contributed by atoms with van der Waals surface area (Å²) in [7, 11) is 1.60. The maximum atomic E-state index is 14.0. The van der Waals surface area contributed by atoms with E-state index in [2.05, 4.69) is 20.3 Å². The van der Waals surface area contributed by atoms with Crippen molar-refractivity contribution < 1.29 is 18.0 Å². The number of hydrogen-bond acceptors (Lipinski definition) is 4. The van der Waals surface area contributed by atoms with Gasteiger partial charge in [0, 0.05) is 55.0 Å². The predicted octanol–water partition coefficient (Wildman–Crippen LogP) is 4.93. The fourth-order valence-corrected chi connectivity index (χ4v) is 4.33. The lowest BCUT2D eigenvalue weighted by molar-refractivity contribution is 0.0953. The van der Waals surface area contributed by atoms with E-state index >= 15 is 0 Å². The summed E-state index contributed by atoms with van der Waals surface area (Å²) in [5.41, 5.74) is 1.61. The van der Waals surface area contributed by atoms with Crippen LogP contribution in [-0.2, 0) is 6.42 Å². The van der Waals surface area contributed by atoms with Crippen LogP contribution in [0.25, 0.3) is 0 Å². The highest BCUT2D eigenvalue weighted by molar-refractivity contribution is 8.17. The van der Waals surface area contributed by atoms with Crippen molar-refractivity contribution in [3.8, 4) is 0 Å². The Morgan fingerprint density at radius 2 is 1.86 bits per heavy atom. The SMILES string of the molecule is CCC(C)=C(CNC(=O)c1cc(Cc2c(F)cc(F)cc2F)c[nH]1)SC(=NC)c1ccc[nH]c1=O. The van der Waals surface area contributed by atoms with Crippen molar-refractivity contribution >= 4 is 22.7 Å². The molecule has 1 amide bonds. The third-order valence-electron chi connectivity index (χ3n) is 5.36. The number of hydrogen-bond donors (Lipinski definition) is 3. The molecule has 0 saturated heterocycles. The summed E-state index contributed by atoms with van der Waals surface area (Å²) in [5, 5.41) is 3.35. The lowest BCUT2D eigenvalue weighted by Crippen LogP contribution is -2.26. The molecule has 0 fully saturated rings. The number of carbonyl (C=O) groups excluding carboxylic acids is 1. The average Bonchev–Trinajstić information content (AvgIpc) is 3.30. The van der Waals surface area contributed by atoms with E-state index < -0.39 is 23.4 Å². The van der Waals surface area contributed by atoms with Crippen LogP contribution >= 0.6 is 11.8 Å². The van der Waals surface area contributed by atoms with Crippen LogP contribution in [0.1, 0.15) is 47.4 Å². The van der Waals surface area contributed by atoms with E-state index in [9.17, 15) is 22.8 Å². The fourth-order valence-electron chi connectivity index (χ4n) is 3.27. The number of nitrogens with zero attached hydrogens (tertiary/aromatic N) is 1. The Kier molecular flexibility index (Phi) is 8.75. The van der Waals surface area contributed by atoms with E-state index in [1.54, 1.807) is 25.4 Å². The third kappa shape index (κ3) is 6.54. The van der Waals surface area contributed by atoms with Crippen LogP contribution in [-0.4, -0.2) is 34.5 Å². The lowest BCUT2D eigenvalue weighted by Gasteiger charge is -2.13. The molecule has 0 saturated carbocycles. The number of amides is 1. The minimum atomic E-state index is -0.991. The first-order valence-corrected chi connectivity index (χ1v) is 11.6. The van der Waals surface area contributed by atoms with Gasteiger partial charge < -0.3 is 15.3 Å². The highest BCUT2D eigenvalue weighted by Crippen LogP contribution is 2.25. The zero-order valence-electron chi connectivity index (χ0n) is 19.5. The smallest absolute Gasteiger partial charge is 0.267 e. The summed E-state index contributed by atoms with van der Waals surface area (Å²) in [4.78, 5) is 35.4. The number of nitrogens with one attached hydrogen (secondary N) is 3. The van der Waals surface area contributed by atoms with Crippen LogP contribution in [0.2, 0.25) is 0 Å². The first kappa shape index (κ1) is 26.1. The molecule has 0 aliphatic rings. The van der Waals surface area contributed by atoms with Gasteiger partial charge in [-0.3, -0.25) is 14.6 Å². The lowest BCUT2D eigenvalue weighted by atomic mass is 10.1. The van der Waals surface area contributed by atoms with Crippen molar-refractivity contribution in [1.29, 1.82) is 0 Å². The number of pyridine rings is 1. The van der Waals surface area contributed by atoms with Crippen LogP contribution < -0.4 is 10.9 Å². The second-order valence-electron chi connectivity index (χ2n) is 7.73. The molecule has 0 aliphatic heterocycles. The number of thioether (sulfide) groups is 1. The van der Waals surface area contributed by atoms with E-state index in [0.29, 0.717) is 28.3 Å². The molecule has 0 aliphatic carbocycles. The number of aromatic amines is 2. The summed E-state index contributed by atoms with van der Waals surface area (Å²) < 4.78 is 41.0. The molecule has 2 aromatic heterocycles. The van der Waals surface area contributed by atoms with Gasteiger partial charge in [-0.2, -0.15) is 0 Å². The predicted molar refractivity (Wildman–Crippen MR) is 132 cm³/mol. The number of aliphatic imine (C=N–C) groups is 1. The normalized spacial score (nSPS) is 12.5. The summed E-state index contributed by atoms with van der Waals surface area (Å²) in [6, 6.07) is 6.13. The number of H-pyrrole nitrogens is 2. The first-order valence-electron chi connectivity index (χ1n) is 10.8. The van der Waals surface area contributed by atoms with Crippen molar-refractivity contribution in [3.63, 3.8) is 0 Å². The molecule has 0 bridgehead atoms. The average molecular weight is 503 g/mol. The van der Waals surface area contributed by atoms with Gasteiger partial charge in [0.05, 0.1) is 5.56 Å². The van der Waals surface area contributed by atoms with E-state index in [1.165, 1.54) is 24.0 Å². The molecule has 1 aromatic carbocycles. The monoisotopic (exact) mass is 502 g/mol. The topological polar surface area (TPSA) is 90.1 Å². The minimum Gasteiger partial charge on any atom is -0.357 e. The van der Waals surface area contributed by atoms with Gasteiger partial charge in [-0.25, -0.2) is 13.2 Å². The van der Waals surface area contributed by atoms with Gasteiger partial charge in [0.1, 0.15) is 28.2 Å². The van der Waals surface area contributed by atoms with Crippen molar-refractivity contribution in [1.82, 2.24) is 15.3 Å². The zero-order chi connectivity index (χ0) is 25.5. The van der Waals surface area contributed by atoms with E-state index in [1.807, 2.05) is 13.8 Å². The number of aromatic nitrogens is 2. The molecule has 3 N–H and O–H groups in total. The molecule has 0 spiro atoms. The Hall–Kier alpha value is -3.53. The molecule has 10 heteroatoms. The van der Waals surface area contributed by atoms with E-state index in [0.717, 1.165) is 16.9 Å². The standard InChI is InChI=1S/C25H25F3N4O2S/c1-4-14(2)22(35-25(29-3)17-6-5-7-30-23(17)33)13-32-24(34)21-9-15(12-31-21)8-18-19(27)10-16(26)11-20(18)28/h5-7,9-12,31H,4,8,13H2,1-3H3,(H,30,33)(H,32,34). The zero-order valence-corrected chi connectivity index (χ0v) is 20.3. The van der Waals surface area contributed by atoms with Gasteiger partial charge in [0.15, 0.2) is 0 Å². The van der Waals surface area contributed by atoms with Gasteiger partial charge in [0.2, 0.25) is 0 Å². The van der Waals surface area contributed by atoms with Crippen molar-refractivity contribution in [2.45, 2.75) is 26.7 Å². The van der Waals surface area contributed by atoms with Gasteiger partial charge in [0.25, 0.3) is 11.5 Å². The molecule has 0 atom stereocenters. The summed E-state index contributed by atoms with van der Waals surface area (Å²) >= 11 is 1.31. The fraction of sp³-hybridized carbons (Fsp3) is 0.240. The molecule has 3 rings (SSSR count). The number of benzene rings is 1. The Balaban J connectivity index is 1.71. The Morgan fingerprint density at radius 1 is 1.14 bits per heavy atom. The summed E-state index contributed by atoms with van der Waals surface area (Å²) in [5.74, 6) is -3.37. The quantitative estimate of drug-likeness (QED) is 0.301. The Morgan fingerprint density at radius 3 is 2.49 bits per heavy atom. The van der Waals surface area contributed by atoms with Crippen LogP contribution in [0.5, 0.6) is 0 Å². The highest BCUT2D eigenvalue weighted by Gasteiger charge is 2.17. The third-order valence-corrected chi connectivity index (χ3v) is 6.70. The second kappa shape index (κ2) is 11.7. The maximum absolute atomic E-state index is 14.0. The molecule has 0 radical (unpaired) electrons. The van der Waals surface area contributed by atoms with E-state index in [-0.39, 0.29) is 29.8 Å². The summed E-state index contributed by atoms with van der Waals surface area (Å²) in [6.45, 7) is 4.12. The van der Waals surface area contributed by atoms with Crippen LogP contribution in [0, 0.1) is 17.5 Å². The van der Waals surface area contributed by atoms with Crippen molar-refractivity contribution in [2.24, 2.45) is 4.99 Å². The number of halogens is 3. The van der Waals surface area contributed by atoms with E-state index in [4.69, 9.17) is 0 Å². The Bertz CT molecular complexity index is 1320.